The Hall–Kier alpha value is -0.540. The van der Waals surface area contributed by atoms with Gasteiger partial charge in [0.2, 0.25) is 0 Å². The van der Waals surface area contributed by atoms with Crippen LogP contribution in [0, 0.1) is 24.3 Å². The number of benzene rings is 2. The first-order valence-corrected chi connectivity index (χ1v) is 7.48. The number of rotatable bonds is 2. The molecule has 0 heterocycles. The predicted molar refractivity (Wildman–Crippen MR) is 87.5 cm³/mol. The van der Waals surface area contributed by atoms with Gasteiger partial charge in [-0.15, -0.1) is 11.6 Å². The van der Waals surface area contributed by atoms with Crippen LogP contribution in [0.5, 0.6) is 0 Å². The summed E-state index contributed by atoms with van der Waals surface area (Å²) < 4.78 is 1.26. The molecule has 0 aliphatic rings. The van der Waals surface area contributed by atoms with Crippen LogP contribution in [-0.2, 0) is 0 Å². The van der Waals surface area contributed by atoms with Crippen LogP contribution in [0.3, 0.4) is 0 Å². The second kappa shape index (κ2) is 5.62. The SMILES string of the molecule is Cc1ccc(C)c(C(Cl)c2cccc(C)c2I)c1. The summed E-state index contributed by atoms with van der Waals surface area (Å²) in [4.78, 5) is 0. The van der Waals surface area contributed by atoms with Crippen LogP contribution in [0.2, 0.25) is 0 Å². The highest BCUT2D eigenvalue weighted by molar-refractivity contribution is 14.1. The van der Waals surface area contributed by atoms with E-state index in [1.165, 1.54) is 31.4 Å². The molecular formula is C16H16ClI. The van der Waals surface area contributed by atoms with Crippen molar-refractivity contribution < 1.29 is 0 Å². The zero-order valence-electron chi connectivity index (χ0n) is 10.8. The quantitative estimate of drug-likeness (QED) is 0.480. The van der Waals surface area contributed by atoms with Crippen LogP contribution in [-0.4, -0.2) is 0 Å². The number of hydrogen-bond acceptors (Lipinski definition) is 0. The molecule has 0 radical (unpaired) electrons. The Morgan fingerprint density at radius 1 is 0.944 bits per heavy atom. The van der Waals surface area contributed by atoms with E-state index in [4.69, 9.17) is 11.6 Å². The second-order valence-electron chi connectivity index (χ2n) is 4.70. The summed E-state index contributed by atoms with van der Waals surface area (Å²) in [6.07, 6.45) is 0. The normalized spacial score (nSPS) is 12.5. The Labute approximate surface area is 128 Å². The minimum atomic E-state index is -0.0725. The van der Waals surface area contributed by atoms with Gasteiger partial charge in [0.25, 0.3) is 0 Å². The molecule has 0 spiro atoms. The number of aryl methyl sites for hydroxylation is 3. The highest BCUT2D eigenvalue weighted by Gasteiger charge is 2.16. The van der Waals surface area contributed by atoms with Crippen LogP contribution in [0.25, 0.3) is 0 Å². The lowest BCUT2D eigenvalue weighted by Gasteiger charge is -2.16. The summed E-state index contributed by atoms with van der Waals surface area (Å²) in [6.45, 7) is 6.35. The maximum Gasteiger partial charge on any atom is 0.0848 e. The number of alkyl halides is 1. The zero-order valence-corrected chi connectivity index (χ0v) is 13.7. The van der Waals surface area contributed by atoms with E-state index < -0.39 is 0 Å². The van der Waals surface area contributed by atoms with Crippen molar-refractivity contribution in [1.29, 1.82) is 0 Å². The number of hydrogen-bond donors (Lipinski definition) is 0. The molecule has 0 aromatic heterocycles. The van der Waals surface area contributed by atoms with Gasteiger partial charge >= 0.3 is 0 Å². The van der Waals surface area contributed by atoms with Gasteiger partial charge in [-0.1, -0.05) is 42.0 Å². The Bertz CT molecular complexity index is 573. The van der Waals surface area contributed by atoms with E-state index in [9.17, 15) is 0 Å². The van der Waals surface area contributed by atoms with E-state index in [0.717, 1.165) is 0 Å². The molecule has 2 heteroatoms. The maximum atomic E-state index is 6.68. The summed E-state index contributed by atoms with van der Waals surface area (Å²) in [5, 5.41) is -0.0725. The number of halogens is 2. The average molecular weight is 371 g/mol. The van der Waals surface area contributed by atoms with Crippen molar-refractivity contribution in [3.63, 3.8) is 0 Å². The summed E-state index contributed by atoms with van der Waals surface area (Å²) >= 11 is 9.06. The summed E-state index contributed by atoms with van der Waals surface area (Å²) in [6, 6.07) is 12.8. The third kappa shape index (κ3) is 2.72. The van der Waals surface area contributed by atoms with Crippen LogP contribution < -0.4 is 0 Å². The molecule has 0 N–H and O–H groups in total. The Morgan fingerprint density at radius 2 is 1.67 bits per heavy atom. The van der Waals surface area contributed by atoms with Crippen molar-refractivity contribution >= 4 is 34.2 Å². The highest BCUT2D eigenvalue weighted by atomic mass is 127. The summed E-state index contributed by atoms with van der Waals surface area (Å²) in [5.41, 5.74) is 6.19. The minimum Gasteiger partial charge on any atom is -0.113 e. The molecular weight excluding hydrogens is 355 g/mol. The van der Waals surface area contributed by atoms with Gasteiger partial charge in [-0.3, -0.25) is 0 Å². The third-order valence-corrected chi connectivity index (χ3v) is 5.15. The lowest BCUT2D eigenvalue weighted by Crippen LogP contribution is -2.00. The Balaban J connectivity index is 2.51. The maximum absolute atomic E-state index is 6.68. The van der Waals surface area contributed by atoms with Gasteiger partial charge in [-0.2, -0.15) is 0 Å². The lowest BCUT2D eigenvalue weighted by atomic mass is 9.97. The molecule has 18 heavy (non-hydrogen) atoms. The molecule has 0 amide bonds. The topological polar surface area (TPSA) is 0 Å². The Kier molecular flexibility index (Phi) is 4.33. The van der Waals surface area contributed by atoms with Gasteiger partial charge in [0.15, 0.2) is 0 Å². The van der Waals surface area contributed by atoms with Gasteiger partial charge in [-0.05, 0) is 65.6 Å². The summed E-state index contributed by atoms with van der Waals surface area (Å²) in [7, 11) is 0. The molecule has 0 bridgehead atoms. The van der Waals surface area contributed by atoms with Crippen molar-refractivity contribution in [2.24, 2.45) is 0 Å². The molecule has 0 saturated carbocycles. The molecule has 2 aromatic carbocycles. The van der Waals surface area contributed by atoms with E-state index in [1.807, 2.05) is 0 Å². The smallest absolute Gasteiger partial charge is 0.0848 e. The molecule has 0 fully saturated rings. The van der Waals surface area contributed by atoms with Gasteiger partial charge < -0.3 is 0 Å². The molecule has 1 unspecified atom stereocenters. The highest BCUT2D eigenvalue weighted by Crippen LogP contribution is 2.35. The van der Waals surface area contributed by atoms with Crippen molar-refractivity contribution in [3.8, 4) is 0 Å². The van der Waals surface area contributed by atoms with Crippen molar-refractivity contribution in [3.05, 3.63) is 67.8 Å². The van der Waals surface area contributed by atoms with Gasteiger partial charge in [-0.25, -0.2) is 0 Å². The molecule has 2 rings (SSSR count). The first kappa shape index (κ1) is 13.9. The second-order valence-corrected chi connectivity index (χ2v) is 6.22. The van der Waals surface area contributed by atoms with E-state index in [2.05, 4.69) is 79.8 Å². The van der Waals surface area contributed by atoms with Crippen molar-refractivity contribution in [1.82, 2.24) is 0 Å². The fourth-order valence-corrected chi connectivity index (χ4v) is 3.34. The molecule has 1 atom stereocenters. The standard InChI is InChI=1S/C16H16ClI/c1-10-7-8-11(2)14(9-10)15(17)13-6-4-5-12(3)16(13)18/h4-9,15H,1-3H3. The van der Waals surface area contributed by atoms with Gasteiger partial charge in [0.05, 0.1) is 5.38 Å². The van der Waals surface area contributed by atoms with Crippen LogP contribution in [0.4, 0.5) is 0 Å². The molecule has 0 nitrogen and oxygen atoms in total. The monoisotopic (exact) mass is 370 g/mol. The predicted octanol–water partition coefficient (Wildman–Crippen LogP) is 5.54. The minimum absolute atomic E-state index is 0.0725. The molecule has 2 aromatic rings. The molecule has 94 valence electrons. The van der Waals surface area contributed by atoms with E-state index in [1.54, 1.807) is 0 Å². The average Bonchev–Trinajstić information content (AvgIpc) is 2.35. The van der Waals surface area contributed by atoms with E-state index >= 15 is 0 Å². The largest absolute Gasteiger partial charge is 0.113 e. The van der Waals surface area contributed by atoms with Crippen LogP contribution in [0.1, 0.15) is 33.2 Å². The molecule has 0 aliphatic heterocycles. The zero-order chi connectivity index (χ0) is 13.3. The fourth-order valence-electron chi connectivity index (χ4n) is 2.07. The summed E-state index contributed by atoms with van der Waals surface area (Å²) in [5.74, 6) is 0. The van der Waals surface area contributed by atoms with Crippen molar-refractivity contribution in [2.45, 2.75) is 26.1 Å². The van der Waals surface area contributed by atoms with E-state index in [0.29, 0.717) is 0 Å². The van der Waals surface area contributed by atoms with Gasteiger partial charge in [0.1, 0.15) is 0 Å². The molecule has 0 saturated heterocycles. The van der Waals surface area contributed by atoms with Gasteiger partial charge in [0, 0.05) is 3.57 Å². The lowest BCUT2D eigenvalue weighted by molar-refractivity contribution is 1.08. The third-order valence-electron chi connectivity index (χ3n) is 3.20. The fraction of sp³-hybridized carbons (Fsp3) is 0.250. The van der Waals surface area contributed by atoms with Crippen LogP contribution >= 0.6 is 34.2 Å². The van der Waals surface area contributed by atoms with Crippen molar-refractivity contribution in [2.75, 3.05) is 0 Å². The van der Waals surface area contributed by atoms with E-state index in [-0.39, 0.29) is 5.38 Å². The molecule has 0 aliphatic carbocycles. The first-order valence-electron chi connectivity index (χ1n) is 5.97. The first-order chi connectivity index (χ1) is 8.50. The van der Waals surface area contributed by atoms with Crippen LogP contribution in [0.15, 0.2) is 36.4 Å². The Morgan fingerprint density at radius 3 is 2.39 bits per heavy atom.